The monoisotopic (exact) mass is 733 g/mol. The predicted molar refractivity (Wildman–Crippen MR) is 210 cm³/mol. The maximum atomic E-state index is 13.0. The molecular weight excluding hydrogens is 682 g/mol. The van der Waals surface area contributed by atoms with Gasteiger partial charge in [-0.05, 0) is 134 Å². The number of aryl methyl sites for hydroxylation is 1. The summed E-state index contributed by atoms with van der Waals surface area (Å²) in [7, 11) is 0. The Morgan fingerprint density at radius 3 is 2.62 bits per heavy atom. The number of pyridine rings is 1. The third-order valence-corrected chi connectivity index (χ3v) is 13.0. The first kappa shape index (κ1) is 35.9. The molecule has 53 heavy (non-hydrogen) atoms. The van der Waals surface area contributed by atoms with Crippen LogP contribution in [0.25, 0.3) is 0 Å². The highest BCUT2D eigenvalue weighted by atomic mass is 35.5. The second-order valence-electron chi connectivity index (χ2n) is 16.4. The molecule has 1 unspecified atom stereocenters. The molecule has 1 saturated carbocycles. The van der Waals surface area contributed by atoms with Gasteiger partial charge in [-0.3, -0.25) is 9.88 Å². The predicted octanol–water partition coefficient (Wildman–Crippen LogP) is 9.46. The zero-order chi connectivity index (χ0) is 36.6. The van der Waals surface area contributed by atoms with Gasteiger partial charge >= 0.3 is 5.97 Å². The topological polar surface area (TPSA) is 83.9 Å². The molecule has 4 aromatic rings. The number of hydrogen-bond acceptors (Lipinski definition) is 6. The van der Waals surface area contributed by atoms with Crippen LogP contribution >= 0.6 is 11.6 Å². The van der Waals surface area contributed by atoms with Crippen LogP contribution in [0.4, 0.5) is 5.69 Å². The van der Waals surface area contributed by atoms with E-state index >= 15 is 0 Å². The highest BCUT2D eigenvalue weighted by Gasteiger charge is 2.54. The number of anilines is 1. The van der Waals surface area contributed by atoms with Crippen LogP contribution in [-0.2, 0) is 29.6 Å². The maximum absolute atomic E-state index is 13.0. The fourth-order valence-electron chi connectivity index (χ4n) is 9.91. The lowest BCUT2D eigenvalue weighted by molar-refractivity contribution is -0.144. The van der Waals surface area contributed by atoms with Gasteiger partial charge in [-0.2, -0.15) is 0 Å². The molecule has 278 valence electrons. The summed E-state index contributed by atoms with van der Waals surface area (Å²) in [5, 5.41) is 14.7. The molecule has 4 aliphatic rings. The number of benzene rings is 3. The SMILES string of the molecule is C[C@@H](COc1ccnc2c1[C@H](C)CCC2)CC1Cc2ccc(OC3CN(Cc4ccccc4)C3)cc2C12CCC(Nc1cccc(Cl)c1)(C(=O)O)CC2. The Morgan fingerprint density at radius 2 is 1.85 bits per heavy atom. The molecular formula is C45H52ClN3O4. The lowest BCUT2D eigenvalue weighted by Gasteiger charge is -2.47. The highest BCUT2D eigenvalue weighted by molar-refractivity contribution is 6.30. The Balaban J connectivity index is 1.01. The number of nitrogens with zero attached hydrogens (tertiary/aromatic N) is 2. The quantitative estimate of drug-likeness (QED) is 0.150. The molecule has 0 radical (unpaired) electrons. The molecule has 0 bridgehead atoms. The van der Waals surface area contributed by atoms with Crippen molar-refractivity contribution in [2.75, 3.05) is 25.0 Å². The summed E-state index contributed by atoms with van der Waals surface area (Å²) in [5.41, 5.74) is 6.09. The smallest absolute Gasteiger partial charge is 0.329 e. The number of aromatic nitrogens is 1. The van der Waals surface area contributed by atoms with Gasteiger partial charge in [0.15, 0.2) is 0 Å². The molecule has 1 spiro atoms. The van der Waals surface area contributed by atoms with Gasteiger partial charge in [-0.1, -0.05) is 67.9 Å². The van der Waals surface area contributed by atoms with Gasteiger partial charge in [0, 0.05) is 47.8 Å². The van der Waals surface area contributed by atoms with Crippen molar-refractivity contribution in [3.63, 3.8) is 0 Å². The maximum Gasteiger partial charge on any atom is 0.329 e. The number of hydrogen-bond donors (Lipinski definition) is 2. The van der Waals surface area contributed by atoms with Gasteiger partial charge in [0.25, 0.3) is 0 Å². The van der Waals surface area contributed by atoms with Gasteiger partial charge in [-0.15, -0.1) is 0 Å². The van der Waals surface area contributed by atoms with E-state index in [2.05, 4.69) is 77.6 Å². The van der Waals surface area contributed by atoms with Crippen LogP contribution in [0.2, 0.25) is 5.02 Å². The summed E-state index contributed by atoms with van der Waals surface area (Å²) >= 11 is 6.31. The number of fused-ring (bicyclic) bond motifs is 3. The number of aliphatic carboxylic acids is 1. The van der Waals surface area contributed by atoms with Crippen molar-refractivity contribution in [3.8, 4) is 11.5 Å². The number of carboxylic acids is 1. The van der Waals surface area contributed by atoms with Gasteiger partial charge in [0.1, 0.15) is 23.1 Å². The average molecular weight is 734 g/mol. The molecule has 2 N–H and O–H groups in total. The molecule has 8 heteroatoms. The number of halogens is 1. The molecule has 1 aliphatic heterocycles. The van der Waals surface area contributed by atoms with Crippen molar-refractivity contribution in [3.05, 3.63) is 118 Å². The van der Waals surface area contributed by atoms with E-state index < -0.39 is 11.5 Å². The van der Waals surface area contributed by atoms with Crippen LogP contribution in [0.3, 0.4) is 0 Å². The summed E-state index contributed by atoms with van der Waals surface area (Å²) in [4.78, 5) is 20.1. The highest BCUT2D eigenvalue weighted by Crippen LogP contribution is 2.57. The summed E-state index contributed by atoms with van der Waals surface area (Å²) < 4.78 is 13.2. The van der Waals surface area contributed by atoms with E-state index in [0.29, 0.717) is 42.2 Å². The zero-order valence-corrected chi connectivity index (χ0v) is 31.8. The molecule has 0 amide bonds. The molecule has 1 aromatic heterocycles. The molecule has 3 atom stereocenters. The van der Waals surface area contributed by atoms with Crippen LogP contribution in [0.1, 0.15) is 92.7 Å². The first-order valence-corrected chi connectivity index (χ1v) is 20.0. The largest absolute Gasteiger partial charge is 0.493 e. The molecule has 2 fully saturated rings. The van der Waals surface area contributed by atoms with Crippen LogP contribution < -0.4 is 14.8 Å². The van der Waals surface area contributed by atoms with E-state index in [1.165, 1.54) is 40.8 Å². The Bertz CT molecular complexity index is 1920. The van der Waals surface area contributed by atoms with Crippen molar-refractivity contribution in [1.82, 2.24) is 9.88 Å². The van der Waals surface area contributed by atoms with E-state index in [0.717, 1.165) is 68.9 Å². The van der Waals surface area contributed by atoms with Crippen LogP contribution in [0.5, 0.6) is 11.5 Å². The van der Waals surface area contributed by atoms with Crippen molar-refractivity contribution in [2.45, 2.75) is 101 Å². The standard InChI is InChI=1S/C45H52ClN3O4/c1-30(29-52-41-16-21-47-40-13-6-8-31(2)42(40)41)22-34-23-33-14-15-37(53-38-27-49(28-38)26-32-9-4-3-5-10-32)25-39(33)44(34)17-19-45(20-18-44,43(50)51)48-36-12-7-11-35(46)24-36/h3-5,7,9-12,14-16,21,24-25,30-31,34,38,48H,6,8,13,17-20,22-23,26-29H2,1-2H3,(H,50,51)/t30-,31-,34?,44?,45?/m1/s1. The average Bonchev–Trinajstić information content (AvgIpc) is 3.42. The van der Waals surface area contributed by atoms with E-state index in [9.17, 15) is 9.90 Å². The van der Waals surface area contributed by atoms with E-state index in [-0.39, 0.29) is 11.5 Å². The molecule has 2 heterocycles. The number of rotatable bonds is 12. The molecule has 7 nitrogen and oxygen atoms in total. The normalized spacial score (nSPS) is 25.9. The number of carboxylic acid groups (broad SMARTS) is 1. The summed E-state index contributed by atoms with van der Waals surface area (Å²) in [6, 6.07) is 26.8. The fraction of sp³-hybridized carbons (Fsp3) is 0.467. The van der Waals surface area contributed by atoms with E-state index in [1.807, 2.05) is 36.5 Å². The third-order valence-electron chi connectivity index (χ3n) is 12.7. The number of carbonyl (C=O) groups is 1. The van der Waals surface area contributed by atoms with Gasteiger partial charge < -0.3 is 19.9 Å². The minimum Gasteiger partial charge on any atom is -0.493 e. The lowest BCUT2D eigenvalue weighted by Crippen LogP contribution is -2.53. The zero-order valence-electron chi connectivity index (χ0n) is 31.0. The fourth-order valence-corrected chi connectivity index (χ4v) is 10.1. The van der Waals surface area contributed by atoms with Gasteiger partial charge in [-0.25, -0.2) is 4.79 Å². The Morgan fingerprint density at radius 1 is 1.04 bits per heavy atom. The van der Waals surface area contributed by atoms with Crippen LogP contribution in [0.15, 0.2) is 85.1 Å². The van der Waals surface area contributed by atoms with Crippen molar-refractivity contribution >= 4 is 23.3 Å². The molecule has 8 rings (SSSR count). The minimum absolute atomic E-state index is 0.138. The molecule has 3 aromatic carbocycles. The Labute approximate surface area is 319 Å². The van der Waals surface area contributed by atoms with Crippen LogP contribution in [0, 0.1) is 11.8 Å². The number of nitrogens with one attached hydrogen (secondary N) is 1. The lowest BCUT2D eigenvalue weighted by atomic mass is 9.59. The van der Waals surface area contributed by atoms with Crippen LogP contribution in [-0.4, -0.2) is 52.3 Å². The van der Waals surface area contributed by atoms with Gasteiger partial charge in [0.2, 0.25) is 0 Å². The second kappa shape index (κ2) is 15.0. The number of likely N-dealkylation sites (tertiary alicyclic amines) is 1. The first-order valence-electron chi connectivity index (χ1n) is 19.6. The third kappa shape index (κ3) is 7.40. The Kier molecular flexibility index (Phi) is 10.2. The summed E-state index contributed by atoms with van der Waals surface area (Å²) in [6.07, 6.45) is 10.1. The summed E-state index contributed by atoms with van der Waals surface area (Å²) in [5.74, 6) is 2.28. The van der Waals surface area contributed by atoms with E-state index in [4.69, 9.17) is 21.1 Å². The Hall–Kier alpha value is -4.07. The van der Waals surface area contributed by atoms with Crippen molar-refractivity contribution < 1.29 is 19.4 Å². The minimum atomic E-state index is -1.06. The molecule has 1 saturated heterocycles. The van der Waals surface area contributed by atoms with E-state index in [1.54, 1.807) is 0 Å². The number of ether oxygens (including phenoxy) is 2. The second-order valence-corrected chi connectivity index (χ2v) is 16.9. The van der Waals surface area contributed by atoms with Crippen molar-refractivity contribution in [2.24, 2.45) is 11.8 Å². The van der Waals surface area contributed by atoms with Crippen molar-refractivity contribution in [1.29, 1.82) is 0 Å². The first-order chi connectivity index (χ1) is 25.7. The summed E-state index contributed by atoms with van der Waals surface area (Å²) in [6.45, 7) is 8.01. The van der Waals surface area contributed by atoms with Gasteiger partial charge in [0.05, 0.1) is 6.61 Å². The molecule has 3 aliphatic carbocycles.